The first kappa shape index (κ1) is 23.1. The summed E-state index contributed by atoms with van der Waals surface area (Å²) in [7, 11) is 1.63. The summed E-state index contributed by atoms with van der Waals surface area (Å²) >= 11 is 1.35. The molecule has 8 nitrogen and oxygen atoms in total. The maximum atomic E-state index is 12.4. The van der Waals surface area contributed by atoms with Gasteiger partial charge in [0.2, 0.25) is 5.91 Å². The molecule has 1 unspecified atom stereocenters. The van der Waals surface area contributed by atoms with Gasteiger partial charge in [0.05, 0.1) is 25.6 Å². The quantitative estimate of drug-likeness (QED) is 0.454. The van der Waals surface area contributed by atoms with Gasteiger partial charge in [-0.2, -0.15) is 0 Å². The van der Waals surface area contributed by atoms with E-state index >= 15 is 0 Å². The van der Waals surface area contributed by atoms with E-state index in [9.17, 15) is 4.79 Å². The van der Waals surface area contributed by atoms with Crippen molar-refractivity contribution in [2.75, 3.05) is 32.6 Å². The van der Waals surface area contributed by atoms with Crippen LogP contribution < -0.4 is 14.8 Å². The molecule has 0 bridgehead atoms. The van der Waals surface area contributed by atoms with E-state index < -0.39 is 0 Å². The maximum Gasteiger partial charge on any atom is 0.230 e. The van der Waals surface area contributed by atoms with Crippen LogP contribution in [-0.4, -0.2) is 59.4 Å². The number of benzene rings is 2. The number of nitrogens with one attached hydrogen (secondary N) is 1. The topological polar surface area (TPSA) is 87.5 Å². The molecule has 0 aliphatic carbocycles. The Labute approximate surface area is 197 Å². The first-order valence-electron chi connectivity index (χ1n) is 11.0. The molecule has 0 radical (unpaired) electrons. The SMILES string of the molecule is CCOc1ccc(-n2c(SCC(=O)NCC3CCCO3)nnc2-c2ccc(OC)cc2)cc1. The van der Waals surface area contributed by atoms with Crippen LogP contribution in [-0.2, 0) is 9.53 Å². The third-order valence-corrected chi connectivity index (χ3v) is 6.20. The lowest BCUT2D eigenvalue weighted by atomic mass is 10.2. The maximum absolute atomic E-state index is 12.4. The summed E-state index contributed by atoms with van der Waals surface area (Å²) in [6.45, 7) is 3.87. The van der Waals surface area contributed by atoms with E-state index in [4.69, 9.17) is 14.2 Å². The summed E-state index contributed by atoms with van der Waals surface area (Å²) < 4.78 is 18.4. The first-order chi connectivity index (χ1) is 16.2. The molecule has 0 spiro atoms. The molecule has 2 aromatic carbocycles. The zero-order valence-electron chi connectivity index (χ0n) is 18.8. The monoisotopic (exact) mass is 468 g/mol. The van der Waals surface area contributed by atoms with E-state index in [0.29, 0.717) is 24.1 Å². The molecular formula is C24H28N4O4S. The standard InChI is InChI=1S/C24H28N4O4S/c1-3-31-20-12-8-18(9-13-20)28-23(17-6-10-19(30-2)11-7-17)26-27-24(28)33-16-22(29)25-15-21-5-4-14-32-21/h6-13,21H,3-5,14-16H2,1-2H3,(H,25,29). The number of hydrogen-bond acceptors (Lipinski definition) is 7. The molecule has 3 aromatic rings. The summed E-state index contributed by atoms with van der Waals surface area (Å²) in [4.78, 5) is 12.4. The van der Waals surface area contributed by atoms with Gasteiger partial charge in [-0.15, -0.1) is 10.2 Å². The first-order valence-corrected chi connectivity index (χ1v) is 12.0. The smallest absolute Gasteiger partial charge is 0.230 e. The van der Waals surface area contributed by atoms with Crippen LogP contribution in [0.15, 0.2) is 53.7 Å². The highest BCUT2D eigenvalue weighted by Crippen LogP contribution is 2.30. The van der Waals surface area contributed by atoms with Crippen LogP contribution >= 0.6 is 11.8 Å². The van der Waals surface area contributed by atoms with Crippen molar-refractivity contribution in [2.24, 2.45) is 0 Å². The summed E-state index contributed by atoms with van der Waals surface area (Å²) in [6, 6.07) is 15.4. The second kappa shape index (κ2) is 11.2. The molecule has 1 N–H and O–H groups in total. The van der Waals surface area contributed by atoms with Crippen LogP contribution in [0.3, 0.4) is 0 Å². The zero-order valence-corrected chi connectivity index (χ0v) is 19.6. The molecule has 4 rings (SSSR count). The van der Waals surface area contributed by atoms with Crippen LogP contribution in [0.5, 0.6) is 11.5 Å². The highest BCUT2D eigenvalue weighted by atomic mass is 32.2. The average Bonchev–Trinajstić information content (AvgIpc) is 3.52. The van der Waals surface area contributed by atoms with Crippen molar-refractivity contribution in [3.63, 3.8) is 0 Å². The molecule has 2 heterocycles. The molecule has 174 valence electrons. The minimum Gasteiger partial charge on any atom is -0.497 e. The van der Waals surface area contributed by atoms with Gasteiger partial charge in [0.25, 0.3) is 0 Å². The minimum absolute atomic E-state index is 0.0530. The number of methoxy groups -OCH3 is 1. The second-order valence-corrected chi connectivity index (χ2v) is 8.47. The number of carbonyl (C=O) groups excluding carboxylic acids is 1. The lowest BCUT2D eigenvalue weighted by Crippen LogP contribution is -2.32. The van der Waals surface area contributed by atoms with E-state index in [0.717, 1.165) is 42.2 Å². The van der Waals surface area contributed by atoms with E-state index in [2.05, 4.69) is 15.5 Å². The summed E-state index contributed by atoms with van der Waals surface area (Å²) in [5, 5.41) is 12.4. The molecule has 1 aliphatic heterocycles. The number of aromatic nitrogens is 3. The van der Waals surface area contributed by atoms with Crippen LogP contribution in [0, 0.1) is 0 Å². The van der Waals surface area contributed by atoms with Gasteiger partial charge in [0, 0.05) is 24.4 Å². The molecule has 1 saturated heterocycles. The fourth-order valence-corrected chi connectivity index (χ4v) is 4.38. The van der Waals surface area contributed by atoms with Crippen LogP contribution in [0.4, 0.5) is 0 Å². The third-order valence-electron chi connectivity index (χ3n) is 5.27. The molecule has 1 fully saturated rings. The van der Waals surface area contributed by atoms with Crippen LogP contribution in [0.25, 0.3) is 17.1 Å². The van der Waals surface area contributed by atoms with Crippen LogP contribution in [0.2, 0.25) is 0 Å². The van der Waals surface area contributed by atoms with Crippen molar-refractivity contribution in [2.45, 2.75) is 31.0 Å². The fourth-order valence-electron chi connectivity index (χ4n) is 3.60. The lowest BCUT2D eigenvalue weighted by molar-refractivity contribution is -0.119. The Morgan fingerprint density at radius 2 is 1.91 bits per heavy atom. The van der Waals surface area contributed by atoms with Gasteiger partial charge in [0.1, 0.15) is 11.5 Å². The molecular weight excluding hydrogens is 440 g/mol. The highest BCUT2D eigenvalue weighted by Gasteiger charge is 2.19. The van der Waals surface area contributed by atoms with E-state index in [-0.39, 0.29) is 17.8 Å². The number of thioether (sulfide) groups is 1. The molecule has 0 saturated carbocycles. The molecule has 33 heavy (non-hydrogen) atoms. The van der Waals surface area contributed by atoms with Crippen molar-refractivity contribution in [1.29, 1.82) is 0 Å². The molecule has 9 heteroatoms. The van der Waals surface area contributed by atoms with Gasteiger partial charge < -0.3 is 19.5 Å². The summed E-state index contributed by atoms with van der Waals surface area (Å²) in [5.74, 6) is 2.43. The normalized spacial score (nSPS) is 15.4. The number of carbonyl (C=O) groups is 1. The molecule has 1 aromatic heterocycles. The van der Waals surface area contributed by atoms with Gasteiger partial charge in [-0.25, -0.2) is 0 Å². The van der Waals surface area contributed by atoms with E-state index in [1.165, 1.54) is 11.8 Å². The van der Waals surface area contributed by atoms with Crippen molar-refractivity contribution in [1.82, 2.24) is 20.1 Å². The summed E-state index contributed by atoms with van der Waals surface area (Å²) in [5.41, 5.74) is 1.78. The Morgan fingerprint density at radius 3 is 2.58 bits per heavy atom. The average molecular weight is 469 g/mol. The van der Waals surface area contributed by atoms with E-state index in [1.807, 2.05) is 60.0 Å². The second-order valence-electron chi connectivity index (χ2n) is 7.52. The number of amides is 1. The zero-order chi connectivity index (χ0) is 23.0. The number of nitrogens with zero attached hydrogens (tertiary/aromatic N) is 3. The largest absolute Gasteiger partial charge is 0.497 e. The van der Waals surface area contributed by atoms with Gasteiger partial charge >= 0.3 is 0 Å². The third kappa shape index (κ3) is 5.85. The van der Waals surface area contributed by atoms with Crippen LogP contribution in [0.1, 0.15) is 19.8 Å². The van der Waals surface area contributed by atoms with Crippen molar-refractivity contribution < 1.29 is 19.0 Å². The van der Waals surface area contributed by atoms with Crippen molar-refractivity contribution in [3.05, 3.63) is 48.5 Å². The van der Waals surface area contributed by atoms with E-state index in [1.54, 1.807) is 7.11 Å². The Balaban J connectivity index is 1.55. The van der Waals surface area contributed by atoms with Gasteiger partial charge in [-0.05, 0) is 68.3 Å². The Hall–Kier alpha value is -3.04. The fraction of sp³-hybridized carbons (Fsp3) is 0.375. The number of hydrogen-bond donors (Lipinski definition) is 1. The predicted molar refractivity (Wildman–Crippen MR) is 127 cm³/mol. The van der Waals surface area contributed by atoms with Gasteiger partial charge in [0.15, 0.2) is 11.0 Å². The van der Waals surface area contributed by atoms with Gasteiger partial charge in [-0.3, -0.25) is 9.36 Å². The predicted octanol–water partition coefficient (Wildman–Crippen LogP) is 3.73. The number of ether oxygens (including phenoxy) is 3. The molecule has 1 aliphatic rings. The van der Waals surface area contributed by atoms with Gasteiger partial charge in [-0.1, -0.05) is 11.8 Å². The Morgan fingerprint density at radius 1 is 1.15 bits per heavy atom. The molecule has 1 atom stereocenters. The lowest BCUT2D eigenvalue weighted by Gasteiger charge is -2.12. The number of rotatable bonds is 10. The highest BCUT2D eigenvalue weighted by molar-refractivity contribution is 7.99. The van der Waals surface area contributed by atoms with Crippen molar-refractivity contribution >= 4 is 17.7 Å². The van der Waals surface area contributed by atoms with Crippen molar-refractivity contribution in [3.8, 4) is 28.6 Å². The Bertz CT molecular complexity index is 1050. The summed E-state index contributed by atoms with van der Waals surface area (Å²) in [6.07, 6.45) is 2.16. The minimum atomic E-state index is -0.0530. The Kier molecular flexibility index (Phi) is 7.85. The molecule has 1 amide bonds.